The fraction of sp³-hybridized carbons (Fsp3) is 0. The normalized spacial score (nSPS) is 13.6. The quantitative estimate of drug-likeness (QED) is 0.734. The van der Waals surface area contributed by atoms with Crippen molar-refractivity contribution in [3.8, 4) is 5.06 Å². The fourth-order valence-corrected chi connectivity index (χ4v) is 3.44. The second-order valence-corrected chi connectivity index (χ2v) is 5.62. The number of nitrogens with zero attached hydrogens (tertiary/aromatic N) is 1. The van der Waals surface area contributed by atoms with Gasteiger partial charge in [-0.05, 0) is 18.2 Å². The molecule has 0 unspecified atom stereocenters. The van der Waals surface area contributed by atoms with Crippen LogP contribution in [0.1, 0.15) is 15.9 Å². The minimum Gasteiger partial charge on any atom is -0.499 e. The Morgan fingerprint density at radius 1 is 1.00 bits per heavy atom. The maximum Gasteiger partial charge on any atom is 0.214 e. The number of fused-ring (bicyclic) bond motifs is 2. The highest BCUT2D eigenvalue weighted by Gasteiger charge is 2.29. The maximum absolute atomic E-state index is 12.5. The molecule has 2 aromatic carbocycles. The molecule has 1 aliphatic heterocycles. The average Bonchev–Trinajstić information content (AvgIpc) is 2.96. The van der Waals surface area contributed by atoms with Crippen molar-refractivity contribution >= 4 is 38.6 Å². The Hall–Kier alpha value is -2.46. The number of benzene rings is 2. The summed E-state index contributed by atoms with van der Waals surface area (Å²) in [5.41, 5.74) is 2.15. The van der Waals surface area contributed by atoms with E-state index in [1.807, 2.05) is 42.5 Å². The van der Waals surface area contributed by atoms with E-state index < -0.39 is 0 Å². The summed E-state index contributed by atoms with van der Waals surface area (Å²) < 4.78 is 0.950. The van der Waals surface area contributed by atoms with Crippen molar-refractivity contribution in [2.45, 2.75) is 0 Å². The first-order chi connectivity index (χ1) is 9.75. The number of aliphatic imine (C=N–C) groups is 1. The molecular weight excluding hydrogens is 270 g/mol. The Balaban J connectivity index is 1.99. The van der Waals surface area contributed by atoms with E-state index in [1.54, 1.807) is 6.07 Å². The van der Waals surface area contributed by atoms with Crippen LogP contribution in [0.15, 0.2) is 53.5 Å². The highest BCUT2D eigenvalue weighted by Crippen LogP contribution is 2.40. The Morgan fingerprint density at radius 3 is 2.60 bits per heavy atom. The van der Waals surface area contributed by atoms with Crippen LogP contribution in [0.25, 0.3) is 10.1 Å². The van der Waals surface area contributed by atoms with Crippen LogP contribution in [0.4, 0.5) is 5.69 Å². The van der Waals surface area contributed by atoms with Gasteiger partial charge >= 0.3 is 0 Å². The van der Waals surface area contributed by atoms with Crippen molar-refractivity contribution in [3.63, 3.8) is 0 Å². The van der Waals surface area contributed by atoms with Crippen molar-refractivity contribution in [1.29, 1.82) is 0 Å². The molecule has 0 saturated heterocycles. The molecule has 0 saturated carbocycles. The monoisotopic (exact) mass is 279 g/mol. The summed E-state index contributed by atoms with van der Waals surface area (Å²) >= 11 is 1.27. The molecule has 0 fully saturated rings. The van der Waals surface area contributed by atoms with Gasteiger partial charge in [0.2, 0.25) is 5.78 Å². The van der Waals surface area contributed by atoms with Gasteiger partial charge in [0.15, 0.2) is 5.06 Å². The SMILES string of the molecule is O=C1C(c2c(O)sc3ccccc23)=Nc2ccccc21. The van der Waals surface area contributed by atoms with Crippen molar-refractivity contribution in [3.05, 3.63) is 59.7 Å². The first-order valence-electron chi connectivity index (χ1n) is 6.19. The molecule has 0 spiro atoms. The van der Waals surface area contributed by atoms with E-state index >= 15 is 0 Å². The molecule has 1 aromatic heterocycles. The topological polar surface area (TPSA) is 49.7 Å². The predicted octanol–water partition coefficient (Wildman–Crippen LogP) is 3.92. The third-order valence-corrected chi connectivity index (χ3v) is 4.38. The number of hydrogen-bond donors (Lipinski definition) is 1. The lowest BCUT2D eigenvalue weighted by Gasteiger charge is -1.98. The largest absolute Gasteiger partial charge is 0.499 e. The van der Waals surface area contributed by atoms with E-state index in [0.717, 1.165) is 10.1 Å². The summed E-state index contributed by atoms with van der Waals surface area (Å²) in [6.07, 6.45) is 0. The molecule has 1 N–H and O–H groups in total. The maximum atomic E-state index is 12.5. The van der Waals surface area contributed by atoms with Gasteiger partial charge in [-0.15, -0.1) is 0 Å². The zero-order valence-corrected chi connectivity index (χ0v) is 11.1. The van der Waals surface area contributed by atoms with Crippen LogP contribution < -0.4 is 0 Å². The average molecular weight is 279 g/mol. The lowest BCUT2D eigenvalue weighted by Crippen LogP contribution is -2.10. The highest BCUT2D eigenvalue weighted by molar-refractivity contribution is 7.21. The molecule has 4 heteroatoms. The van der Waals surface area contributed by atoms with E-state index in [2.05, 4.69) is 4.99 Å². The molecule has 3 nitrogen and oxygen atoms in total. The van der Waals surface area contributed by atoms with Crippen molar-refractivity contribution in [2.75, 3.05) is 0 Å². The Kier molecular flexibility index (Phi) is 2.28. The summed E-state index contributed by atoms with van der Waals surface area (Å²) in [5.74, 6) is -0.126. The van der Waals surface area contributed by atoms with E-state index in [1.165, 1.54) is 11.3 Å². The van der Waals surface area contributed by atoms with E-state index in [0.29, 0.717) is 22.5 Å². The molecular formula is C16H9NO2S. The lowest BCUT2D eigenvalue weighted by atomic mass is 10.0. The summed E-state index contributed by atoms with van der Waals surface area (Å²) in [6, 6.07) is 14.9. The van der Waals surface area contributed by atoms with Gasteiger partial charge < -0.3 is 5.11 Å². The number of aromatic hydroxyl groups is 1. The fourth-order valence-electron chi connectivity index (χ4n) is 2.49. The van der Waals surface area contributed by atoms with Crippen LogP contribution in [0.5, 0.6) is 5.06 Å². The zero-order chi connectivity index (χ0) is 13.7. The predicted molar refractivity (Wildman–Crippen MR) is 80.5 cm³/mol. The second-order valence-electron chi connectivity index (χ2n) is 4.59. The van der Waals surface area contributed by atoms with Crippen LogP contribution in [0.2, 0.25) is 0 Å². The molecule has 0 bridgehead atoms. The van der Waals surface area contributed by atoms with Crippen LogP contribution >= 0.6 is 11.3 Å². The molecule has 0 atom stereocenters. The van der Waals surface area contributed by atoms with Crippen LogP contribution in [0.3, 0.4) is 0 Å². The van der Waals surface area contributed by atoms with Crippen LogP contribution in [-0.4, -0.2) is 16.6 Å². The first-order valence-corrected chi connectivity index (χ1v) is 7.00. The first kappa shape index (κ1) is 11.4. The van der Waals surface area contributed by atoms with Crippen LogP contribution in [0, 0.1) is 0 Å². The summed E-state index contributed by atoms with van der Waals surface area (Å²) in [4.78, 5) is 16.9. The zero-order valence-electron chi connectivity index (χ0n) is 10.3. The van der Waals surface area contributed by atoms with Gasteiger partial charge in [-0.1, -0.05) is 41.7 Å². The molecule has 0 radical (unpaired) electrons. The number of hydrogen-bond acceptors (Lipinski definition) is 4. The molecule has 0 aliphatic carbocycles. The third-order valence-electron chi connectivity index (χ3n) is 3.41. The van der Waals surface area contributed by atoms with Gasteiger partial charge in [0.25, 0.3) is 0 Å². The summed E-state index contributed by atoms with van der Waals surface area (Å²) in [6.45, 7) is 0. The molecule has 0 amide bonds. The van der Waals surface area contributed by atoms with Gasteiger partial charge in [0, 0.05) is 15.6 Å². The van der Waals surface area contributed by atoms with E-state index in [9.17, 15) is 9.90 Å². The van der Waals surface area contributed by atoms with Gasteiger partial charge in [-0.25, -0.2) is 4.99 Å². The molecule has 2 heterocycles. The number of carbonyl (C=O) groups excluding carboxylic acids is 1. The van der Waals surface area contributed by atoms with Crippen molar-refractivity contribution in [2.24, 2.45) is 4.99 Å². The molecule has 96 valence electrons. The smallest absolute Gasteiger partial charge is 0.214 e. The highest BCUT2D eigenvalue weighted by atomic mass is 32.1. The minimum absolute atomic E-state index is 0.126. The van der Waals surface area contributed by atoms with Gasteiger partial charge in [-0.3, -0.25) is 4.79 Å². The van der Waals surface area contributed by atoms with Gasteiger partial charge in [0.1, 0.15) is 5.71 Å². The summed E-state index contributed by atoms with van der Waals surface area (Å²) in [7, 11) is 0. The van der Waals surface area contributed by atoms with E-state index in [-0.39, 0.29) is 10.8 Å². The van der Waals surface area contributed by atoms with Gasteiger partial charge in [-0.2, -0.15) is 0 Å². The van der Waals surface area contributed by atoms with Crippen molar-refractivity contribution < 1.29 is 9.90 Å². The number of ketones is 1. The van der Waals surface area contributed by atoms with Crippen LogP contribution in [-0.2, 0) is 0 Å². The number of para-hydroxylation sites is 1. The third kappa shape index (κ3) is 1.45. The Labute approximate surface area is 118 Å². The molecule has 20 heavy (non-hydrogen) atoms. The lowest BCUT2D eigenvalue weighted by molar-refractivity contribution is 0.107. The number of Topliss-reactive ketones (excluding diaryl/α,β-unsaturated/α-hetero) is 1. The molecule has 4 rings (SSSR count). The Bertz CT molecular complexity index is 892. The molecule has 1 aliphatic rings. The van der Waals surface area contributed by atoms with Gasteiger partial charge in [0.05, 0.1) is 11.3 Å². The Morgan fingerprint density at radius 2 is 1.75 bits per heavy atom. The number of thiophene rings is 1. The van der Waals surface area contributed by atoms with Crippen molar-refractivity contribution in [1.82, 2.24) is 0 Å². The second kappa shape index (κ2) is 4.02. The molecule has 3 aromatic rings. The summed E-state index contributed by atoms with van der Waals surface area (Å²) in [5, 5.41) is 11.2. The standard InChI is InChI=1S/C16H9NO2S/c18-15-9-5-1-3-7-11(9)17-14(15)13-10-6-2-4-8-12(10)20-16(13)19/h1-8,19H. The number of rotatable bonds is 1. The minimum atomic E-state index is -0.126. The number of carbonyl (C=O) groups is 1. The van der Waals surface area contributed by atoms with E-state index in [4.69, 9.17) is 0 Å².